The smallest absolute Gasteiger partial charge is 0.343 e. The van der Waals surface area contributed by atoms with Gasteiger partial charge in [-0.2, -0.15) is 0 Å². The quantitative estimate of drug-likeness (QED) is 0.292. The molecule has 0 atom stereocenters. The molecule has 2 rings (SSSR count). The summed E-state index contributed by atoms with van der Waals surface area (Å²) < 4.78 is 19.2. The van der Waals surface area contributed by atoms with Crippen LogP contribution in [-0.2, 0) is 9.59 Å². The summed E-state index contributed by atoms with van der Waals surface area (Å²) in [6.45, 7) is 8.44. The molecule has 138 valence electrons. The molecule has 2 aromatic rings. The van der Waals surface area contributed by atoms with Crippen molar-refractivity contribution in [1.29, 1.82) is 0 Å². The molecule has 0 aliphatic carbocycles. The first-order valence-corrected chi connectivity index (χ1v) is 9.27. The van der Waals surface area contributed by atoms with Gasteiger partial charge < -0.3 is 4.74 Å². The Kier molecular flexibility index (Phi) is 7.15. The van der Waals surface area contributed by atoms with Crippen LogP contribution in [0.25, 0.3) is 0 Å². The van der Waals surface area contributed by atoms with E-state index in [1.807, 2.05) is 0 Å². The van der Waals surface area contributed by atoms with Crippen LogP contribution in [0.2, 0.25) is 0 Å². The van der Waals surface area contributed by atoms with Gasteiger partial charge in [-0.15, -0.1) is 0 Å². The molecular weight excluding hydrogens is 387 g/mol. The Morgan fingerprint density at radius 2 is 1.74 bits per heavy atom. The number of benzene rings is 2. The number of carbonyl (C=O) groups excluding carboxylic acids is 3. The zero-order valence-corrected chi connectivity index (χ0v) is 16.0. The molecular formula is C20H15FO4S2. The molecule has 0 radical (unpaired) electrons. The molecule has 0 aliphatic rings. The van der Waals surface area contributed by atoms with Crippen LogP contribution in [0.15, 0.2) is 77.1 Å². The molecule has 0 saturated carbocycles. The van der Waals surface area contributed by atoms with Crippen LogP contribution < -0.4 is 4.74 Å². The first kappa shape index (κ1) is 20.7. The second-order valence-corrected chi connectivity index (χ2v) is 7.39. The minimum absolute atomic E-state index is 0.0184. The fourth-order valence-corrected chi connectivity index (χ4v) is 3.05. The van der Waals surface area contributed by atoms with Crippen molar-refractivity contribution in [1.82, 2.24) is 0 Å². The molecule has 0 saturated heterocycles. The van der Waals surface area contributed by atoms with Crippen LogP contribution in [0, 0.1) is 5.82 Å². The van der Waals surface area contributed by atoms with E-state index in [0.717, 1.165) is 29.6 Å². The van der Waals surface area contributed by atoms with Gasteiger partial charge in [-0.3, -0.25) is 9.59 Å². The predicted molar refractivity (Wildman–Crippen MR) is 105 cm³/mol. The van der Waals surface area contributed by atoms with E-state index in [4.69, 9.17) is 4.74 Å². The van der Waals surface area contributed by atoms with Crippen molar-refractivity contribution in [3.63, 3.8) is 0 Å². The molecule has 0 N–H and O–H groups in total. The van der Waals surface area contributed by atoms with E-state index >= 15 is 0 Å². The molecule has 2 aromatic carbocycles. The molecule has 0 fully saturated rings. The highest BCUT2D eigenvalue weighted by Gasteiger charge is 2.14. The molecule has 27 heavy (non-hydrogen) atoms. The summed E-state index contributed by atoms with van der Waals surface area (Å²) in [6.07, 6.45) is 1.20. The molecule has 0 spiro atoms. The van der Waals surface area contributed by atoms with E-state index in [9.17, 15) is 18.8 Å². The van der Waals surface area contributed by atoms with Gasteiger partial charge in [-0.1, -0.05) is 13.2 Å². The Labute approximate surface area is 164 Å². The van der Waals surface area contributed by atoms with Gasteiger partial charge in [0.2, 0.25) is 10.2 Å². The van der Waals surface area contributed by atoms with Crippen molar-refractivity contribution in [3.8, 4) is 5.75 Å². The molecule has 0 heterocycles. The zero-order valence-electron chi connectivity index (χ0n) is 14.4. The zero-order chi connectivity index (χ0) is 20.0. The second-order valence-electron chi connectivity index (χ2n) is 5.30. The predicted octanol–water partition coefficient (Wildman–Crippen LogP) is 5.04. The number of hydrogen-bond acceptors (Lipinski definition) is 6. The third-order valence-corrected chi connectivity index (χ3v) is 5.10. The summed E-state index contributed by atoms with van der Waals surface area (Å²) in [5, 5.41) is -0.546. The number of thioether (sulfide) groups is 2. The molecule has 0 amide bonds. The summed E-state index contributed by atoms with van der Waals surface area (Å²) in [6, 6.07) is 10.0. The normalized spacial score (nSPS) is 10.1. The number of hydrogen-bond donors (Lipinski definition) is 0. The van der Waals surface area contributed by atoms with Crippen LogP contribution in [-0.4, -0.2) is 16.2 Å². The number of halogens is 1. The van der Waals surface area contributed by atoms with Crippen LogP contribution in [0.5, 0.6) is 5.75 Å². The SMILES string of the molecule is C=CC(=O)Sc1ccc(C(=O)Oc2ccc(SC(=O)C(=C)C)c(F)c2)cc1. The Balaban J connectivity index is 2.06. The number of carbonyl (C=O) groups is 3. The van der Waals surface area contributed by atoms with Crippen LogP contribution in [0.4, 0.5) is 4.39 Å². The highest BCUT2D eigenvalue weighted by molar-refractivity contribution is 8.14. The van der Waals surface area contributed by atoms with Gasteiger partial charge in [0.15, 0.2) is 0 Å². The Morgan fingerprint density at radius 1 is 1.07 bits per heavy atom. The maximum Gasteiger partial charge on any atom is 0.343 e. The highest BCUT2D eigenvalue weighted by Crippen LogP contribution is 2.28. The van der Waals surface area contributed by atoms with Crippen molar-refractivity contribution in [2.45, 2.75) is 16.7 Å². The van der Waals surface area contributed by atoms with E-state index < -0.39 is 11.8 Å². The van der Waals surface area contributed by atoms with E-state index in [2.05, 4.69) is 13.2 Å². The second kappa shape index (κ2) is 9.34. The Bertz CT molecular complexity index is 920. The third-order valence-electron chi connectivity index (χ3n) is 3.14. The van der Waals surface area contributed by atoms with E-state index in [1.54, 1.807) is 19.1 Å². The maximum absolute atomic E-state index is 14.1. The molecule has 0 aromatic heterocycles. The van der Waals surface area contributed by atoms with Gasteiger partial charge in [0, 0.05) is 11.0 Å². The standard InChI is InChI=1S/C20H15FO4S2/c1-4-18(22)26-15-8-5-13(6-9-15)19(23)25-14-7-10-17(16(21)11-14)27-20(24)12(2)3/h4-11H,1-2H2,3H3. The lowest BCUT2D eigenvalue weighted by Gasteiger charge is -2.07. The molecule has 0 unspecified atom stereocenters. The van der Waals surface area contributed by atoms with Crippen LogP contribution >= 0.6 is 23.5 Å². The minimum atomic E-state index is -0.672. The summed E-state index contributed by atoms with van der Waals surface area (Å²) in [5.41, 5.74) is 0.563. The van der Waals surface area contributed by atoms with Crippen molar-refractivity contribution in [2.75, 3.05) is 0 Å². The fourth-order valence-electron chi connectivity index (χ4n) is 1.80. The monoisotopic (exact) mass is 402 g/mol. The summed E-state index contributed by atoms with van der Waals surface area (Å²) in [7, 11) is 0. The first-order chi connectivity index (χ1) is 12.8. The third kappa shape index (κ3) is 5.94. The Morgan fingerprint density at radius 3 is 2.30 bits per heavy atom. The molecule has 0 bridgehead atoms. The van der Waals surface area contributed by atoms with E-state index in [-0.39, 0.29) is 26.4 Å². The van der Waals surface area contributed by atoms with E-state index in [0.29, 0.717) is 10.5 Å². The van der Waals surface area contributed by atoms with Gasteiger partial charge >= 0.3 is 5.97 Å². The number of ether oxygens (including phenoxy) is 1. The lowest BCUT2D eigenvalue weighted by atomic mass is 10.2. The van der Waals surface area contributed by atoms with Gasteiger partial charge in [0.05, 0.1) is 10.5 Å². The lowest BCUT2D eigenvalue weighted by molar-refractivity contribution is -0.108. The van der Waals surface area contributed by atoms with Crippen LogP contribution in [0.1, 0.15) is 17.3 Å². The van der Waals surface area contributed by atoms with Gasteiger partial charge in [-0.05, 0) is 78.5 Å². The average Bonchev–Trinajstić information content (AvgIpc) is 2.64. The van der Waals surface area contributed by atoms with Crippen molar-refractivity contribution in [3.05, 3.63) is 78.7 Å². The summed E-state index contributed by atoms with van der Waals surface area (Å²) in [4.78, 5) is 35.8. The van der Waals surface area contributed by atoms with Gasteiger partial charge in [0.25, 0.3) is 0 Å². The average molecular weight is 402 g/mol. The molecule has 4 nitrogen and oxygen atoms in total. The Hall–Kier alpha value is -2.64. The summed E-state index contributed by atoms with van der Waals surface area (Å²) in [5.74, 6) is -1.32. The first-order valence-electron chi connectivity index (χ1n) is 7.64. The number of esters is 1. The van der Waals surface area contributed by atoms with Crippen LogP contribution in [0.3, 0.4) is 0 Å². The summed E-state index contributed by atoms with van der Waals surface area (Å²) >= 11 is 1.70. The number of rotatable bonds is 6. The minimum Gasteiger partial charge on any atom is -0.423 e. The topological polar surface area (TPSA) is 60.4 Å². The van der Waals surface area contributed by atoms with E-state index in [1.165, 1.54) is 30.3 Å². The highest BCUT2D eigenvalue weighted by atomic mass is 32.2. The van der Waals surface area contributed by atoms with Crippen molar-refractivity contribution in [2.24, 2.45) is 0 Å². The van der Waals surface area contributed by atoms with Crippen molar-refractivity contribution < 1.29 is 23.5 Å². The fraction of sp³-hybridized carbons (Fsp3) is 0.0500. The molecule has 0 aliphatic heterocycles. The van der Waals surface area contributed by atoms with Gasteiger partial charge in [0.1, 0.15) is 11.6 Å². The lowest BCUT2D eigenvalue weighted by Crippen LogP contribution is -2.08. The van der Waals surface area contributed by atoms with Crippen molar-refractivity contribution >= 4 is 39.7 Å². The molecule has 7 heteroatoms. The maximum atomic E-state index is 14.1. The largest absolute Gasteiger partial charge is 0.423 e. The van der Waals surface area contributed by atoms with Gasteiger partial charge in [-0.25, -0.2) is 9.18 Å².